The summed E-state index contributed by atoms with van der Waals surface area (Å²) >= 11 is 3.20. The number of hydrogen-bond acceptors (Lipinski definition) is 1. The molecule has 0 atom stereocenters. The van der Waals surface area contributed by atoms with Crippen molar-refractivity contribution in [2.45, 2.75) is 18.9 Å². The Bertz CT molecular complexity index is 184. The van der Waals surface area contributed by atoms with Crippen molar-refractivity contribution in [1.82, 2.24) is 5.32 Å². The van der Waals surface area contributed by atoms with Gasteiger partial charge < -0.3 is 11.1 Å². The number of nitrogens with zero attached hydrogens (tertiary/aromatic N) is 1. The zero-order valence-electron chi connectivity index (χ0n) is 6.31. The predicted octanol–water partition coefficient (Wildman–Crippen LogP) is 0.962. The topological polar surface area (TPSA) is 50.4 Å². The van der Waals surface area contributed by atoms with E-state index < -0.39 is 0 Å². The van der Waals surface area contributed by atoms with E-state index in [9.17, 15) is 0 Å². The smallest absolute Gasteiger partial charge is 0.189 e. The van der Waals surface area contributed by atoms with Gasteiger partial charge in [-0.05, 0) is 12.8 Å². The molecule has 1 rings (SSSR count). The summed E-state index contributed by atoms with van der Waals surface area (Å²) < 4.78 is 0.845. The molecule has 0 saturated heterocycles. The average molecular weight is 218 g/mol. The minimum absolute atomic E-state index is 0.521. The van der Waals surface area contributed by atoms with Crippen molar-refractivity contribution in [1.29, 1.82) is 0 Å². The molecule has 0 amide bonds. The molecule has 0 bridgehead atoms. The highest BCUT2D eigenvalue weighted by Crippen LogP contribution is 2.17. The van der Waals surface area contributed by atoms with Crippen LogP contribution in [0.2, 0.25) is 0 Å². The molecule has 0 spiro atoms. The first-order valence-electron chi connectivity index (χ1n) is 3.58. The van der Waals surface area contributed by atoms with E-state index in [0.717, 1.165) is 4.48 Å². The van der Waals surface area contributed by atoms with Gasteiger partial charge in [-0.25, -0.2) is 4.99 Å². The van der Waals surface area contributed by atoms with Gasteiger partial charge in [-0.1, -0.05) is 22.5 Å². The average Bonchev–Trinajstić information content (AvgIpc) is 2.67. The van der Waals surface area contributed by atoms with Crippen LogP contribution in [0.5, 0.6) is 0 Å². The normalized spacial score (nSPS) is 18.1. The van der Waals surface area contributed by atoms with Crippen LogP contribution >= 0.6 is 15.9 Å². The van der Waals surface area contributed by atoms with Gasteiger partial charge in [-0.2, -0.15) is 0 Å². The molecular weight excluding hydrogens is 206 g/mol. The fraction of sp³-hybridized carbons (Fsp3) is 0.571. The predicted molar refractivity (Wildman–Crippen MR) is 50.7 cm³/mol. The van der Waals surface area contributed by atoms with Crippen LogP contribution in [0.3, 0.4) is 0 Å². The largest absolute Gasteiger partial charge is 0.370 e. The van der Waals surface area contributed by atoms with Gasteiger partial charge in [-0.15, -0.1) is 0 Å². The van der Waals surface area contributed by atoms with Gasteiger partial charge in [0.1, 0.15) is 0 Å². The van der Waals surface area contributed by atoms with Gasteiger partial charge in [0.25, 0.3) is 0 Å². The van der Waals surface area contributed by atoms with Crippen molar-refractivity contribution in [2.75, 3.05) is 6.54 Å². The highest BCUT2D eigenvalue weighted by Gasteiger charge is 2.21. The molecule has 0 aromatic rings. The van der Waals surface area contributed by atoms with Crippen molar-refractivity contribution in [3.8, 4) is 0 Å². The molecule has 0 unspecified atom stereocenters. The summed E-state index contributed by atoms with van der Waals surface area (Å²) in [6.45, 7) is 4.20. The molecule has 1 aliphatic carbocycles. The number of aliphatic imine (C=N–C) groups is 1. The minimum Gasteiger partial charge on any atom is -0.370 e. The van der Waals surface area contributed by atoms with Crippen LogP contribution in [0.25, 0.3) is 0 Å². The lowest BCUT2D eigenvalue weighted by molar-refractivity contribution is 0.889. The summed E-state index contributed by atoms with van der Waals surface area (Å²) in [5, 5.41) is 3.08. The Morgan fingerprint density at radius 2 is 2.36 bits per heavy atom. The number of hydrogen-bond donors (Lipinski definition) is 2. The number of nitrogens with two attached hydrogens (primary N) is 1. The maximum absolute atomic E-state index is 5.54. The van der Waals surface area contributed by atoms with Crippen molar-refractivity contribution >= 4 is 21.9 Å². The second kappa shape index (κ2) is 3.76. The Hall–Kier alpha value is -0.510. The van der Waals surface area contributed by atoms with Crippen LogP contribution in [0.4, 0.5) is 0 Å². The van der Waals surface area contributed by atoms with Crippen LogP contribution in [-0.4, -0.2) is 18.5 Å². The molecule has 3 nitrogen and oxygen atoms in total. The third kappa shape index (κ3) is 4.03. The fourth-order valence-corrected chi connectivity index (χ4v) is 0.779. The quantitative estimate of drug-likeness (QED) is 0.547. The van der Waals surface area contributed by atoms with Crippen LogP contribution in [0, 0.1) is 0 Å². The lowest BCUT2D eigenvalue weighted by atomic mass is 10.6. The van der Waals surface area contributed by atoms with Crippen LogP contribution < -0.4 is 11.1 Å². The van der Waals surface area contributed by atoms with Crippen molar-refractivity contribution in [3.63, 3.8) is 0 Å². The first kappa shape index (κ1) is 8.59. The lowest BCUT2D eigenvalue weighted by Crippen LogP contribution is -2.33. The molecule has 1 aliphatic rings. The summed E-state index contributed by atoms with van der Waals surface area (Å²) in [5.74, 6) is 0.521. The van der Waals surface area contributed by atoms with E-state index in [-0.39, 0.29) is 0 Å². The Morgan fingerprint density at radius 3 is 2.82 bits per heavy atom. The molecule has 0 radical (unpaired) electrons. The van der Waals surface area contributed by atoms with E-state index in [1.165, 1.54) is 12.8 Å². The summed E-state index contributed by atoms with van der Waals surface area (Å²) in [4.78, 5) is 4.04. The zero-order chi connectivity index (χ0) is 8.27. The summed E-state index contributed by atoms with van der Waals surface area (Å²) in [6.07, 6.45) is 2.43. The van der Waals surface area contributed by atoms with Gasteiger partial charge >= 0.3 is 0 Å². The Morgan fingerprint density at radius 1 is 1.73 bits per heavy atom. The number of halogens is 1. The molecule has 4 heteroatoms. The number of rotatable bonds is 3. The maximum Gasteiger partial charge on any atom is 0.189 e. The minimum atomic E-state index is 0.521. The molecule has 62 valence electrons. The van der Waals surface area contributed by atoms with E-state index in [1.807, 2.05) is 0 Å². The third-order valence-corrected chi connectivity index (χ3v) is 1.60. The van der Waals surface area contributed by atoms with E-state index in [0.29, 0.717) is 18.5 Å². The standard InChI is InChI=1S/C7H12BrN3/c1-5(8)4-10-7(9)11-6-2-3-6/h6H,1-4H2,(H3,9,10,11). The Kier molecular flexibility index (Phi) is 2.93. The maximum atomic E-state index is 5.54. The molecule has 0 aromatic heterocycles. The summed E-state index contributed by atoms with van der Waals surface area (Å²) in [6, 6.07) is 0.572. The Labute approximate surface area is 74.9 Å². The van der Waals surface area contributed by atoms with E-state index in [4.69, 9.17) is 5.73 Å². The van der Waals surface area contributed by atoms with Crippen molar-refractivity contribution in [3.05, 3.63) is 11.1 Å². The molecule has 1 fully saturated rings. The molecular formula is C7H12BrN3. The summed E-state index contributed by atoms with van der Waals surface area (Å²) in [5.41, 5.74) is 5.54. The summed E-state index contributed by atoms with van der Waals surface area (Å²) in [7, 11) is 0. The van der Waals surface area contributed by atoms with Crippen LogP contribution in [-0.2, 0) is 0 Å². The van der Waals surface area contributed by atoms with E-state index in [2.05, 4.69) is 32.8 Å². The highest BCUT2D eigenvalue weighted by molar-refractivity contribution is 9.11. The molecule has 3 N–H and O–H groups in total. The molecule has 11 heavy (non-hydrogen) atoms. The highest BCUT2D eigenvalue weighted by atomic mass is 79.9. The first-order chi connectivity index (χ1) is 5.18. The molecule has 0 aliphatic heterocycles. The molecule has 0 heterocycles. The lowest BCUT2D eigenvalue weighted by Gasteiger charge is -2.01. The van der Waals surface area contributed by atoms with Crippen LogP contribution in [0.1, 0.15) is 12.8 Å². The second-order valence-corrected chi connectivity index (χ2v) is 3.76. The van der Waals surface area contributed by atoms with Crippen molar-refractivity contribution in [2.24, 2.45) is 10.7 Å². The van der Waals surface area contributed by atoms with Crippen LogP contribution in [0.15, 0.2) is 16.1 Å². The van der Waals surface area contributed by atoms with Gasteiger partial charge in [0.2, 0.25) is 0 Å². The fourth-order valence-electron chi connectivity index (χ4n) is 0.653. The van der Waals surface area contributed by atoms with Crippen molar-refractivity contribution < 1.29 is 0 Å². The van der Waals surface area contributed by atoms with Gasteiger partial charge in [0, 0.05) is 10.5 Å². The third-order valence-electron chi connectivity index (χ3n) is 1.35. The van der Waals surface area contributed by atoms with Gasteiger partial charge in [-0.3, -0.25) is 0 Å². The number of guanidine groups is 1. The van der Waals surface area contributed by atoms with Gasteiger partial charge in [0.15, 0.2) is 5.96 Å². The van der Waals surface area contributed by atoms with Gasteiger partial charge in [0.05, 0.1) is 6.54 Å². The second-order valence-electron chi connectivity index (χ2n) is 2.64. The first-order valence-corrected chi connectivity index (χ1v) is 4.37. The van der Waals surface area contributed by atoms with E-state index >= 15 is 0 Å². The van der Waals surface area contributed by atoms with E-state index in [1.54, 1.807) is 0 Å². The zero-order valence-corrected chi connectivity index (χ0v) is 7.89. The molecule has 1 saturated carbocycles. The Balaban J connectivity index is 2.20. The SMILES string of the molecule is C=C(Br)CN=C(N)NC1CC1. The number of nitrogens with one attached hydrogen (secondary N) is 1. The molecule has 0 aromatic carbocycles. The monoisotopic (exact) mass is 217 g/mol.